The van der Waals surface area contributed by atoms with Gasteiger partial charge in [0.1, 0.15) is 6.10 Å². The molecule has 0 N–H and O–H groups in total. The minimum absolute atomic E-state index is 0.325. The van der Waals surface area contributed by atoms with Crippen molar-refractivity contribution in [2.75, 3.05) is 19.8 Å². The maximum atomic E-state index is 5.94. The van der Waals surface area contributed by atoms with Crippen LogP contribution in [0.1, 0.15) is 26.2 Å². The van der Waals surface area contributed by atoms with Crippen molar-refractivity contribution in [1.29, 1.82) is 0 Å². The first kappa shape index (κ1) is 10.3. The third-order valence-corrected chi connectivity index (χ3v) is 2.48. The van der Waals surface area contributed by atoms with Gasteiger partial charge in [-0.05, 0) is 19.3 Å². The smallest absolute Gasteiger partial charge is 0.104 e. The number of epoxide rings is 1. The number of halogens is 1. The van der Waals surface area contributed by atoms with Gasteiger partial charge >= 0.3 is 0 Å². The van der Waals surface area contributed by atoms with Crippen molar-refractivity contribution < 1.29 is 9.47 Å². The highest BCUT2D eigenvalue weighted by Gasteiger charge is 2.21. The Hall–Kier alpha value is 0.210. The lowest BCUT2D eigenvalue weighted by Gasteiger charge is -2.05. The number of alkyl halides is 1. The summed E-state index contributed by atoms with van der Waals surface area (Å²) in [6.45, 7) is 4.58. The van der Waals surface area contributed by atoms with Gasteiger partial charge in [0.05, 0.1) is 13.2 Å². The molecule has 1 rings (SSSR count). The Bertz CT molecular complexity index is 115. The molecule has 0 radical (unpaired) electrons. The van der Waals surface area contributed by atoms with E-state index in [4.69, 9.17) is 21.1 Å². The molecular weight excluding hydrogens is 176 g/mol. The van der Waals surface area contributed by atoms with Crippen LogP contribution in [-0.2, 0) is 9.47 Å². The molecule has 0 spiro atoms. The summed E-state index contributed by atoms with van der Waals surface area (Å²) in [7, 11) is 0. The zero-order valence-corrected chi connectivity index (χ0v) is 8.35. The van der Waals surface area contributed by atoms with Crippen LogP contribution in [0.15, 0.2) is 0 Å². The first-order valence-electron chi connectivity index (χ1n) is 4.66. The van der Waals surface area contributed by atoms with Crippen molar-refractivity contribution in [1.82, 2.24) is 0 Å². The molecule has 2 unspecified atom stereocenters. The summed E-state index contributed by atoms with van der Waals surface area (Å²) in [5, 5.41) is 0.325. The average Bonchev–Trinajstić information content (AvgIpc) is 2.87. The number of ether oxygens (including phenoxy) is 2. The fraction of sp³-hybridized carbons (Fsp3) is 1.00. The molecule has 72 valence electrons. The van der Waals surface area contributed by atoms with Gasteiger partial charge in [0.15, 0.2) is 0 Å². The highest BCUT2D eigenvalue weighted by atomic mass is 35.5. The quantitative estimate of drug-likeness (QED) is 0.351. The predicted octanol–water partition coefficient (Wildman–Crippen LogP) is 2.20. The lowest BCUT2D eigenvalue weighted by molar-refractivity contribution is 0.113. The van der Waals surface area contributed by atoms with Crippen LogP contribution in [0.4, 0.5) is 0 Å². The summed E-state index contributed by atoms with van der Waals surface area (Å²) in [5.74, 6) is 0. The van der Waals surface area contributed by atoms with Gasteiger partial charge in [0.2, 0.25) is 0 Å². The molecule has 1 saturated heterocycles. The van der Waals surface area contributed by atoms with Crippen molar-refractivity contribution in [3.05, 3.63) is 0 Å². The van der Waals surface area contributed by atoms with Gasteiger partial charge in [-0.1, -0.05) is 6.92 Å². The van der Waals surface area contributed by atoms with Crippen LogP contribution >= 0.6 is 11.6 Å². The predicted molar refractivity (Wildman–Crippen MR) is 49.7 cm³/mol. The summed E-state index contributed by atoms with van der Waals surface area (Å²) >= 11 is 5.94. The lowest BCUT2D eigenvalue weighted by atomic mass is 10.2. The molecule has 1 aliphatic heterocycles. The molecule has 0 aliphatic carbocycles. The van der Waals surface area contributed by atoms with Gasteiger partial charge in [-0.25, -0.2) is 0 Å². The lowest BCUT2D eigenvalue weighted by Crippen LogP contribution is -2.05. The van der Waals surface area contributed by atoms with E-state index < -0.39 is 0 Å². The molecule has 12 heavy (non-hydrogen) atoms. The highest BCUT2D eigenvalue weighted by molar-refractivity contribution is 6.20. The average molecular weight is 193 g/mol. The van der Waals surface area contributed by atoms with E-state index in [1.165, 1.54) is 0 Å². The van der Waals surface area contributed by atoms with E-state index in [0.29, 0.717) is 11.5 Å². The Kier molecular flexibility index (Phi) is 4.96. The normalized spacial score (nSPS) is 24.0. The number of hydrogen-bond donors (Lipinski definition) is 0. The van der Waals surface area contributed by atoms with Crippen molar-refractivity contribution >= 4 is 11.6 Å². The molecule has 0 saturated carbocycles. The van der Waals surface area contributed by atoms with E-state index in [1.807, 2.05) is 0 Å². The van der Waals surface area contributed by atoms with E-state index in [1.54, 1.807) is 0 Å². The van der Waals surface area contributed by atoms with Gasteiger partial charge in [-0.2, -0.15) is 0 Å². The molecule has 2 atom stereocenters. The second-order valence-corrected chi connectivity index (χ2v) is 3.80. The molecule has 2 nitrogen and oxygen atoms in total. The van der Waals surface area contributed by atoms with Crippen LogP contribution < -0.4 is 0 Å². The number of rotatable bonds is 7. The molecule has 3 heteroatoms. The van der Waals surface area contributed by atoms with Crippen molar-refractivity contribution in [2.24, 2.45) is 0 Å². The van der Waals surface area contributed by atoms with Crippen LogP contribution in [0.3, 0.4) is 0 Å². The zero-order chi connectivity index (χ0) is 8.81. The van der Waals surface area contributed by atoms with Crippen LogP contribution in [0.25, 0.3) is 0 Å². The standard InChI is InChI=1S/C9H17ClO2/c1-2-8(10)4-3-5-11-6-9-7-12-9/h8-9H,2-7H2,1H3. The largest absolute Gasteiger partial charge is 0.379 e. The van der Waals surface area contributed by atoms with E-state index >= 15 is 0 Å². The van der Waals surface area contributed by atoms with E-state index in [0.717, 1.165) is 39.1 Å². The molecule has 0 bridgehead atoms. The van der Waals surface area contributed by atoms with E-state index in [2.05, 4.69) is 6.92 Å². The number of hydrogen-bond acceptors (Lipinski definition) is 2. The minimum Gasteiger partial charge on any atom is -0.379 e. The molecule has 0 aromatic carbocycles. The monoisotopic (exact) mass is 192 g/mol. The molecule has 1 fully saturated rings. The zero-order valence-electron chi connectivity index (χ0n) is 7.59. The second-order valence-electron chi connectivity index (χ2n) is 3.18. The molecule has 1 aliphatic rings. The Balaban J connectivity index is 1.75. The van der Waals surface area contributed by atoms with Crippen molar-refractivity contribution in [3.63, 3.8) is 0 Å². The SMILES string of the molecule is CCC(Cl)CCCOCC1CO1. The molecular formula is C9H17ClO2. The second kappa shape index (κ2) is 5.79. The molecule has 0 aromatic rings. The van der Waals surface area contributed by atoms with Gasteiger partial charge in [-0.3, -0.25) is 0 Å². The fourth-order valence-corrected chi connectivity index (χ4v) is 1.14. The Labute approximate surface area is 79.2 Å². The maximum absolute atomic E-state index is 5.94. The summed E-state index contributed by atoms with van der Waals surface area (Å²) in [6.07, 6.45) is 3.56. The van der Waals surface area contributed by atoms with Gasteiger partial charge in [0.25, 0.3) is 0 Å². The summed E-state index contributed by atoms with van der Waals surface area (Å²) in [6, 6.07) is 0. The molecule has 1 heterocycles. The van der Waals surface area contributed by atoms with Gasteiger partial charge < -0.3 is 9.47 Å². The van der Waals surface area contributed by atoms with E-state index in [9.17, 15) is 0 Å². The maximum Gasteiger partial charge on any atom is 0.104 e. The van der Waals surface area contributed by atoms with Crippen LogP contribution in [0.2, 0.25) is 0 Å². The third kappa shape index (κ3) is 4.96. The van der Waals surface area contributed by atoms with Crippen molar-refractivity contribution in [2.45, 2.75) is 37.7 Å². The molecule has 0 aromatic heterocycles. The Morgan fingerprint density at radius 2 is 2.42 bits per heavy atom. The van der Waals surface area contributed by atoms with E-state index in [-0.39, 0.29) is 0 Å². The Morgan fingerprint density at radius 3 is 3.00 bits per heavy atom. The van der Waals surface area contributed by atoms with Crippen LogP contribution in [-0.4, -0.2) is 31.3 Å². The van der Waals surface area contributed by atoms with Crippen molar-refractivity contribution in [3.8, 4) is 0 Å². The van der Waals surface area contributed by atoms with Gasteiger partial charge in [0, 0.05) is 12.0 Å². The fourth-order valence-electron chi connectivity index (χ4n) is 0.990. The summed E-state index contributed by atoms with van der Waals surface area (Å²) in [5.41, 5.74) is 0. The first-order chi connectivity index (χ1) is 5.83. The first-order valence-corrected chi connectivity index (χ1v) is 5.10. The summed E-state index contributed by atoms with van der Waals surface area (Å²) < 4.78 is 10.4. The summed E-state index contributed by atoms with van der Waals surface area (Å²) in [4.78, 5) is 0. The van der Waals surface area contributed by atoms with Crippen LogP contribution in [0.5, 0.6) is 0 Å². The topological polar surface area (TPSA) is 21.8 Å². The van der Waals surface area contributed by atoms with Crippen LogP contribution in [0, 0.1) is 0 Å². The minimum atomic E-state index is 0.325. The third-order valence-electron chi connectivity index (χ3n) is 1.96. The molecule has 0 amide bonds. The Morgan fingerprint density at radius 1 is 1.67 bits per heavy atom. The van der Waals surface area contributed by atoms with Gasteiger partial charge in [-0.15, -0.1) is 11.6 Å². The highest BCUT2D eigenvalue weighted by Crippen LogP contribution is 2.11.